The standard InChI is InChI=1S/C16H10Cl2N2O3S/c1-8-12(5-3-9-2-4-10(17)6-11(9)18)19-16-20(14(8)21)7-13(24-16)15(22)23/h2-7H,1H3,(H,22,23). The van der Waals surface area contributed by atoms with E-state index >= 15 is 0 Å². The summed E-state index contributed by atoms with van der Waals surface area (Å²) >= 11 is 12.9. The van der Waals surface area contributed by atoms with E-state index in [1.54, 1.807) is 37.3 Å². The summed E-state index contributed by atoms with van der Waals surface area (Å²) in [6.07, 6.45) is 4.69. The molecule has 0 atom stereocenters. The highest BCUT2D eigenvalue weighted by Crippen LogP contribution is 2.23. The first-order valence-electron chi connectivity index (χ1n) is 6.76. The predicted molar refractivity (Wildman–Crippen MR) is 96.4 cm³/mol. The van der Waals surface area contributed by atoms with Crippen LogP contribution in [0.25, 0.3) is 17.1 Å². The Morgan fingerprint density at radius 2 is 2.08 bits per heavy atom. The average molecular weight is 381 g/mol. The lowest BCUT2D eigenvalue weighted by Crippen LogP contribution is -2.17. The molecule has 8 heteroatoms. The average Bonchev–Trinajstić information content (AvgIpc) is 2.95. The molecule has 3 rings (SSSR count). The van der Waals surface area contributed by atoms with Crippen molar-refractivity contribution in [2.45, 2.75) is 6.92 Å². The van der Waals surface area contributed by atoms with E-state index in [9.17, 15) is 9.59 Å². The van der Waals surface area contributed by atoms with Crippen molar-refractivity contribution in [3.8, 4) is 0 Å². The van der Waals surface area contributed by atoms with Crippen molar-refractivity contribution in [2.75, 3.05) is 0 Å². The molecule has 0 radical (unpaired) electrons. The molecule has 1 N–H and O–H groups in total. The number of carboxylic acids is 1. The van der Waals surface area contributed by atoms with Crippen LogP contribution in [-0.4, -0.2) is 20.5 Å². The zero-order chi connectivity index (χ0) is 17.4. The van der Waals surface area contributed by atoms with Gasteiger partial charge in [0.1, 0.15) is 4.88 Å². The van der Waals surface area contributed by atoms with Crippen LogP contribution in [0.3, 0.4) is 0 Å². The zero-order valence-corrected chi connectivity index (χ0v) is 14.6. The third-order valence-corrected chi connectivity index (χ3v) is 4.92. The first kappa shape index (κ1) is 16.7. The van der Waals surface area contributed by atoms with Gasteiger partial charge in [-0.15, -0.1) is 0 Å². The van der Waals surface area contributed by atoms with Crippen LogP contribution in [0, 0.1) is 6.92 Å². The minimum Gasteiger partial charge on any atom is -0.477 e. The zero-order valence-electron chi connectivity index (χ0n) is 12.3. The van der Waals surface area contributed by atoms with Crippen molar-refractivity contribution in [3.05, 3.63) is 66.5 Å². The fraction of sp³-hybridized carbons (Fsp3) is 0.0625. The maximum atomic E-state index is 12.4. The van der Waals surface area contributed by atoms with Gasteiger partial charge in [-0.1, -0.05) is 46.7 Å². The molecule has 0 spiro atoms. The molecular formula is C16H10Cl2N2O3S. The number of nitrogens with zero attached hydrogens (tertiary/aromatic N) is 2. The van der Waals surface area contributed by atoms with Gasteiger partial charge in [-0.2, -0.15) is 0 Å². The maximum Gasteiger partial charge on any atom is 0.347 e. The van der Waals surface area contributed by atoms with Crippen molar-refractivity contribution in [1.29, 1.82) is 0 Å². The second-order valence-electron chi connectivity index (χ2n) is 4.98. The summed E-state index contributed by atoms with van der Waals surface area (Å²) in [6.45, 7) is 1.64. The van der Waals surface area contributed by atoms with E-state index in [-0.39, 0.29) is 10.4 Å². The number of carboxylic acid groups (broad SMARTS) is 1. The number of hydrogen-bond donors (Lipinski definition) is 1. The SMILES string of the molecule is Cc1c(C=Cc2ccc(Cl)cc2Cl)nc2sc(C(=O)O)cn2c1=O. The number of aromatic carboxylic acids is 1. The van der Waals surface area contributed by atoms with Crippen LogP contribution in [0.4, 0.5) is 0 Å². The van der Waals surface area contributed by atoms with Crippen molar-refractivity contribution < 1.29 is 9.90 Å². The largest absolute Gasteiger partial charge is 0.477 e. The van der Waals surface area contributed by atoms with Gasteiger partial charge in [0.25, 0.3) is 5.56 Å². The molecule has 3 aromatic rings. The third-order valence-electron chi connectivity index (χ3n) is 3.39. The van der Waals surface area contributed by atoms with Crippen LogP contribution in [0.1, 0.15) is 26.5 Å². The van der Waals surface area contributed by atoms with Gasteiger partial charge in [0.2, 0.25) is 0 Å². The molecule has 0 amide bonds. The van der Waals surface area contributed by atoms with Gasteiger partial charge in [-0.25, -0.2) is 9.78 Å². The van der Waals surface area contributed by atoms with Crippen LogP contribution >= 0.6 is 34.5 Å². The van der Waals surface area contributed by atoms with Crippen molar-refractivity contribution in [2.24, 2.45) is 0 Å². The smallest absolute Gasteiger partial charge is 0.347 e. The van der Waals surface area contributed by atoms with Crippen LogP contribution in [0.15, 0.2) is 29.2 Å². The van der Waals surface area contributed by atoms with Crippen LogP contribution in [0.5, 0.6) is 0 Å². The molecule has 0 aliphatic heterocycles. The maximum absolute atomic E-state index is 12.4. The molecule has 0 saturated carbocycles. The van der Waals surface area contributed by atoms with Gasteiger partial charge in [0.15, 0.2) is 4.96 Å². The number of hydrogen-bond acceptors (Lipinski definition) is 4. The topological polar surface area (TPSA) is 71.7 Å². The number of fused-ring (bicyclic) bond motifs is 1. The van der Waals surface area contributed by atoms with E-state index in [4.69, 9.17) is 28.3 Å². The Kier molecular flexibility index (Phi) is 4.45. The Balaban J connectivity index is 2.09. The van der Waals surface area contributed by atoms with E-state index in [0.717, 1.165) is 16.9 Å². The second-order valence-corrected chi connectivity index (χ2v) is 6.83. The lowest BCUT2D eigenvalue weighted by Gasteiger charge is -2.01. The summed E-state index contributed by atoms with van der Waals surface area (Å²) < 4.78 is 1.25. The molecule has 0 aliphatic carbocycles. The number of rotatable bonds is 3. The molecule has 122 valence electrons. The minimum absolute atomic E-state index is 0.0564. The van der Waals surface area contributed by atoms with E-state index in [0.29, 0.717) is 26.3 Å². The summed E-state index contributed by atoms with van der Waals surface area (Å²) in [7, 11) is 0. The molecule has 0 unspecified atom stereocenters. The first-order chi connectivity index (χ1) is 11.4. The predicted octanol–water partition coefficient (Wildman–Crippen LogP) is 4.24. The lowest BCUT2D eigenvalue weighted by atomic mass is 10.1. The Hall–Kier alpha value is -2.15. The van der Waals surface area contributed by atoms with Crippen molar-refractivity contribution in [1.82, 2.24) is 9.38 Å². The number of aromatic nitrogens is 2. The molecule has 1 aromatic carbocycles. The first-order valence-corrected chi connectivity index (χ1v) is 8.33. The Morgan fingerprint density at radius 3 is 2.75 bits per heavy atom. The van der Waals surface area contributed by atoms with Crippen molar-refractivity contribution >= 4 is 57.6 Å². The van der Waals surface area contributed by atoms with E-state index in [1.165, 1.54) is 10.6 Å². The molecular weight excluding hydrogens is 371 g/mol. The summed E-state index contributed by atoms with van der Waals surface area (Å²) in [5, 5.41) is 10.1. The van der Waals surface area contributed by atoms with Gasteiger partial charge >= 0.3 is 5.97 Å². The lowest BCUT2D eigenvalue weighted by molar-refractivity contribution is 0.0702. The highest BCUT2D eigenvalue weighted by atomic mass is 35.5. The highest BCUT2D eigenvalue weighted by Gasteiger charge is 2.13. The van der Waals surface area contributed by atoms with Gasteiger partial charge in [0.05, 0.1) is 5.69 Å². The summed E-state index contributed by atoms with van der Waals surface area (Å²) in [6, 6.07) is 5.10. The van der Waals surface area contributed by atoms with E-state index in [2.05, 4.69) is 4.98 Å². The summed E-state index contributed by atoms with van der Waals surface area (Å²) in [5.74, 6) is -1.09. The van der Waals surface area contributed by atoms with Crippen LogP contribution in [0.2, 0.25) is 10.0 Å². The van der Waals surface area contributed by atoms with E-state index in [1.807, 2.05) is 0 Å². The molecule has 24 heavy (non-hydrogen) atoms. The molecule has 0 aliphatic rings. The molecule has 2 aromatic heterocycles. The van der Waals surface area contributed by atoms with E-state index < -0.39 is 5.97 Å². The fourth-order valence-corrected chi connectivity index (χ4v) is 3.40. The highest BCUT2D eigenvalue weighted by molar-refractivity contribution is 7.18. The Bertz CT molecular complexity index is 1050. The monoisotopic (exact) mass is 380 g/mol. The molecule has 0 saturated heterocycles. The van der Waals surface area contributed by atoms with Crippen LogP contribution < -0.4 is 5.56 Å². The fourth-order valence-electron chi connectivity index (χ4n) is 2.11. The number of thiazole rings is 1. The minimum atomic E-state index is -1.09. The molecule has 2 heterocycles. The number of carbonyl (C=O) groups is 1. The van der Waals surface area contributed by atoms with Gasteiger partial charge < -0.3 is 5.11 Å². The quantitative estimate of drug-likeness (QED) is 0.737. The number of halogens is 2. The summed E-state index contributed by atoms with van der Waals surface area (Å²) in [4.78, 5) is 28.2. The number of benzene rings is 1. The van der Waals surface area contributed by atoms with Gasteiger partial charge in [0, 0.05) is 21.8 Å². The molecule has 0 fully saturated rings. The normalized spacial score (nSPS) is 11.5. The van der Waals surface area contributed by atoms with Crippen molar-refractivity contribution in [3.63, 3.8) is 0 Å². The second kappa shape index (κ2) is 6.39. The summed E-state index contributed by atoms with van der Waals surface area (Å²) in [5.41, 5.74) is 1.32. The third kappa shape index (κ3) is 3.08. The molecule has 0 bridgehead atoms. The molecule has 5 nitrogen and oxygen atoms in total. The Labute approximate surface area is 150 Å². The van der Waals surface area contributed by atoms with Crippen LogP contribution in [-0.2, 0) is 0 Å². The van der Waals surface area contributed by atoms with Gasteiger partial charge in [-0.05, 0) is 30.7 Å². The Morgan fingerprint density at radius 1 is 1.33 bits per heavy atom. The van der Waals surface area contributed by atoms with Gasteiger partial charge in [-0.3, -0.25) is 9.20 Å².